The molecule has 130 valence electrons. The second kappa shape index (κ2) is 7.74. The molecule has 0 unspecified atom stereocenters. The fourth-order valence-corrected chi connectivity index (χ4v) is 3.00. The van der Waals surface area contributed by atoms with Gasteiger partial charge in [0.15, 0.2) is 7.85 Å². The standard InChI is InChI=1S/C15H14BClFN3O3S/c1-2-5-21-14(19)13(25-20)11(22)10(15(21)23)9-8(18)4-3-7(17)12(9)24-6-16/h1,3-4,22H,5-6,16,19-20H2. The highest BCUT2D eigenvalue weighted by Gasteiger charge is 2.27. The number of nitrogens with two attached hydrogens (primary N) is 2. The molecular weight excluding hydrogens is 368 g/mol. The van der Waals surface area contributed by atoms with E-state index in [2.05, 4.69) is 5.92 Å². The number of terminal acetylenes is 1. The molecule has 1 aromatic heterocycles. The van der Waals surface area contributed by atoms with Gasteiger partial charge in [0, 0.05) is 0 Å². The summed E-state index contributed by atoms with van der Waals surface area (Å²) in [5, 5.41) is 16.1. The van der Waals surface area contributed by atoms with Crippen LogP contribution in [0.3, 0.4) is 0 Å². The maximum absolute atomic E-state index is 14.5. The number of ether oxygens (including phenoxy) is 1. The number of halogens is 2. The predicted octanol–water partition coefficient (Wildman–Crippen LogP) is 1.16. The summed E-state index contributed by atoms with van der Waals surface area (Å²) in [5.74, 6) is 0.734. The number of benzene rings is 1. The molecule has 0 aliphatic heterocycles. The number of aromatic hydroxyl groups is 1. The summed E-state index contributed by atoms with van der Waals surface area (Å²) >= 11 is 6.68. The molecule has 1 aromatic carbocycles. The van der Waals surface area contributed by atoms with Crippen molar-refractivity contribution < 1.29 is 14.2 Å². The Morgan fingerprint density at radius 3 is 2.72 bits per heavy atom. The van der Waals surface area contributed by atoms with Gasteiger partial charge in [-0.3, -0.25) is 14.5 Å². The van der Waals surface area contributed by atoms with Gasteiger partial charge < -0.3 is 15.6 Å². The highest BCUT2D eigenvalue weighted by atomic mass is 35.5. The molecule has 25 heavy (non-hydrogen) atoms. The van der Waals surface area contributed by atoms with Crippen molar-refractivity contribution in [1.82, 2.24) is 4.57 Å². The van der Waals surface area contributed by atoms with Gasteiger partial charge in [-0.25, -0.2) is 4.39 Å². The van der Waals surface area contributed by atoms with E-state index in [0.29, 0.717) is 11.9 Å². The second-order valence-electron chi connectivity index (χ2n) is 4.82. The van der Waals surface area contributed by atoms with Crippen molar-refractivity contribution in [2.75, 3.05) is 12.2 Å². The summed E-state index contributed by atoms with van der Waals surface area (Å²) in [5.41, 5.74) is 4.41. The SMILES string of the molecule is BCOc1c(Cl)ccc(F)c1-c1c(O)c(SN)c(N)n(CC#C)c1=O. The molecule has 0 aliphatic rings. The van der Waals surface area contributed by atoms with E-state index in [9.17, 15) is 14.3 Å². The number of hydrogen-bond donors (Lipinski definition) is 3. The Kier molecular flexibility index (Phi) is 5.90. The molecule has 0 saturated heterocycles. The van der Waals surface area contributed by atoms with Crippen LogP contribution >= 0.6 is 23.5 Å². The van der Waals surface area contributed by atoms with Crippen molar-refractivity contribution >= 4 is 37.2 Å². The average molecular weight is 382 g/mol. The number of anilines is 1. The maximum Gasteiger partial charge on any atom is 0.264 e. The van der Waals surface area contributed by atoms with Crippen LogP contribution in [-0.4, -0.2) is 24.0 Å². The minimum Gasteiger partial charge on any atom is -0.506 e. The quantitative estimate of drug-likeness (QED) is 0.408. The summed E-state index contributed by atoms with van der Waals surface area (Å²) < 4.78 is 20.9. The van der Waals surface area contributed by atoms with E-state index >= 15 is 0 Å². The zero-order valence-electron chi connectivity index (χ0n) is 13.2. The van der Waals surface area contributed by atoms with Crippen molar-refractivity contribution in [1.29, 1.82) is 0 Å². The van der Waals surface area contributed by atoms with E-state index in [-0.39, 0.29) is 45.7 Å². The lowest BCUT2D eigenvalue weighted by molar-refractivity contribution is 0.386. The van der Waals surface area contributed by atoms with E-state index in [1.54, 1.807) is 7.85 Å². The third-order valence-corrected chi connectivity index (χ3v) is 4.33. The van der Waals surface area contributed by atoms with Gasteiger partial charge >= 0.3 is 0 Å². The maximum atomic E-state index is 14.5. The van der Waals surface area contributed by atoms with Crippen LogP contribution in [0.4, 0.5) is 10.2 Å². The van der Waals surface area contributed by atoms with Gasteiger partial charge in [0.1, 0.15) is 28.0 Å². The zero-order valence-corrected chi connectivity index (χ0v) is 14.7. The van der Waals surface area contributed by atoms with Crippen LogP contribution in [0, 0.1) is 18.2 Å². The van der Waals surface area contributed by atoms with Crippen molar-refractivity contribution in [3.63, 3.8) is 0 Å². The molecule has 2 aromatic rings. The van der Waals surface area contributed by atoms with Crippen LogP contribution in [0.5, 0.6) is 11.5 Å². The van der Waals surface area contributed by atoms with Gasteiger partial charge in [-0.05, 0) is 24.1 Å². The Morgan fingerprint density at radius 2 is 2.16 bits per heavy atom. The normalized spacial score (nSPS) is 10.5. The number of pyridine rings is 1. The molecule has 1 heterocycles. The minimum absolute atomic E-state index is 0.00771. The first-order chi connectivity index (χ1) is 11.9. The molecule has 2 rings (SSSR count). The van der Waals surface area contributed by atoms with Crippen molar-refractivity contribution in [3.8, 4) is 35.0 Å². The monoisotopic (exact) mass is 381 g/mol. The zero-order chi connectivity index (χ0) is 18.7. The number of rotatable bonds is 5. The fraction of sp³-hybridized carbons (Fsp3) is 0.133. The van der Waals surface area contributed by atoms with Gasteiger partial charge in [0.05, 0.1) is 29.2 Å². The van der Waals surface area contributed by atoms with Gasteiger partial charge in [0.2, 0.25) is 0 Å². The Bertz CT molecular complexity index is 930. The lowest BCUT2D eigenvalue weighted by Gasteiger charge is -2.18. The molecule has 0 aliphatic carbocycles. The van der Waals surface area contributed by atoms with Crippen LogP contribution < -0.4 is 21.2 Å². The van der Waals surface area contributed by atoms with Crippen molar-refractivity contribution in [2.24, 2.45) is 5.14 Å². The Balaban J connectivity index is 2.99. The number of nitrogens with zero attached hydrogens (tertiary/aromatic N) is 1. The predicted molar refractivity (Wildman–Crippen MR) is 100 cm³/mol. The summed E-state index contributed by atoms with van der Waals surface area (Å²) in [4.78, 5) is 12.8. The van der Waals surface area contributed by atoms with Crippen molar-refractivity contribution in [2.45, 2.75) is 11.4 Å². The molecule has 10 heteroatoms. The van der Waals surface area contributed by atoms with E-state index in [4.69, 9.17) is 33.6 Å². The molecule has 0 atom stereocenters. The highest BCUT2D eigenvalue weighted by Crippen LogP contribution is 2.44. The van der Waals surface area contributed by atoms with E-state index in [1.165, 1.54) is 6.07 Å². The van der Waals surface area contributed by atoms with Gasteiger partial charge in [0.25, 0.3) is 5.56 Å². The number of aromatic nitrogens is 1. The summed E-state index contributed by atoms with van der Waals surface area (Å²) in [6, 6.07) is 2.36. The third kappa shape index (κ3) is 3.29. The van der Waals surface area contributed by atoms with Crippen LogP contribution in [0.1, 0.15) is 0 Å². The molecule has 0 fully saturated rings. The number of hydrogen-bond acceptors (Lipinski definition) is 6. The topological polar surface area (TPSA) is 104 Å². The summed E-state index contributed by atoms with van der Waals surface area (Å²) in [6.45, 7) is -0.0133. The van der Waals surface area contributed by atoms with E-state index in [0.717, 1.165) is 10.6 Å². The van der Waals surface area contributed by atoms with Crippen LogP contribution in [0.25, 0.3) is 11.1 Å². The van der Waals surface area contributed by atoms with Gasteiger partial charge in [-0.1, -0.05) is 17.5 Å². The molecule has 0 radical (unpaired) electrons. The molecule has 0 amide bonds. The van der Waals surface area contributed by atoms with Gasteiger partial charge in [-0.15, -0.1) is 6.42 Å². The molecule has 0 spiro atoms. The molecular formula is C15H14BClFN3O3S. The van der Waals surface area contributed by atoms with E-state index in [1.807, 2.05) is 0 Å². The fourth-order valence-electron chi connectivity index (χ4n) is 2.34. The molecule has 0 saturated carbocycles. The van der Waals surface area contributed by atoms with Gasteiger partial charge in [-0.2, -0.15) is 0 Å². The lowest BCUT2D eigenvalue weighted by atomic mass is 10.0. The lowest BCUT2D eigenvalue weighted by Crippen LogP contribution is -2.25. The summed E-state index contributed by atoms with van der Waals surface area (Å²) in [6.07, 6.45) is 5.26. The highest BCUT2D eigenvalue weighted by molar-refractivity contribution is 7.97. The second-order valence-corrected chi connectivity index (χ2v) is 5.87. The molecule has 6 nitrogen and oxygen atoms in total. The molecule has 0 bridgehead atoms. The first-order valence-corrected chi connectivity index (χ1v) is 8.31. The Hall–Kier alpha value is -2.28. The third-order valence-electron chi connectivity index (χ3n) is 3.40. The van der Waals surface area contributed by atoms with Crippen LogP contribution in [0.15, 0.2) is 21.8 Å². The first-order valence-electron chi connectivity index (χ1n) is 7.05. The smallest absolute Gasteiger partial charge is 0.264 e. The minimum atomic E-state index is -0.801. The first kappa shape index (κ1) is 19.1. The average Bonchev–Trinajstić information content (AvgIpc) is 2.58. The molecule has 5 N–H and O–H groups in total. The largest absolute Gasteiger partial charge is 0.506 e. The Labute approximate surface area is 153 Å². The van der Waals surface area contributed by atoms with Crippen LogP contribution in [-0.2, 0) is 6.54 Å². The van der Waals surface area contributed by atoms with Crippen molar-refractivity contribution in [3.05, 3.63) is 33.3 Å². The van der Waals surface area contributed by atoms with E-state index < -0.39 is 17.1 Å². The van der Waals surface area contributed by atoms with Crippen LogP contribution in [0.2, 0.25) is 5.02 Å². The summed E-state index contributed by atoms with van der Waals surface area (Å²) in [7, 11) is 1.67. The number of nitrogen functional groups attached to an aromatic ring is 1. The Morgan fingerprint density at radius 1 is 1.48 bits per heavy atom.